The van der Waals surface area contributed by atoms with Gasteiger partial charge < -0.3 is 20.1 Å². The Labute approximate surface area is 190 Å². The van der Waals surface area contributed by atoms with Crippen LogP contribution >= 0.6 is 0 Å². The molecule has 0 bridgehead atoms. The number of alkyl halides is 3. The van der Waals surface area contributed by atoms with E-state index in [1.165, 1.54) is 18.0 Å². The Bertz CT molecular complexity index is 851. The molecule has 6 nitrogen and oxygen atoms in total. The molecule has 3 rings (SSSR count). The number of halogens is 4. The number of nitrogens with one attached hydrogen (secondary N) is 1. The average molecular weight is 474 g/mol. The summed E-state index contributed by atoms with van der Waals surface area (Å²) in [6.07, 6.45) is -2.52. The summed E-state index contributed by atoms with van der Waals surface area (Å²) in [5, 5.41) is 12.9. The van der Waals surface area contributed by atoms with E-state index in [1.807, 2.05) is 0 Å². The van der Waals surface area contributed by atoms with Crippen molar-refractivity contribution in [2.24, 2.45) is 17.8 Å². The molecule has 5 atom stereocenters. The van der Waals surface area contributed by atoms with Gasteiger partial charge in [0.25, 0.3) is 0 Å². The summed E-state index contributed by atoms with van der Waals surface area (Å²) in [5.41, 5.74) is -0.741. The second kappa shape index (κ2) is 10.4. The third-order valence-corrected chi connectivity index (χ3v) is 7.02. The van der Waals surface area contributed by atoms with Crippen LogP contribution in [0.25, 0.3) is 0 Å². The van der Waals surface area contributed by atoms with Crippen LogP contribution in [-0.4, -0.2) is 66.1 Å². The predicted octanol–water partition coefficient (Wildman–Crippen LogP) is 3.85. The molecule has 10 heteroatoms. The number of hydrogen-bond acceptors (Lipinski definition) is 4. The molecule has 2 N–H and O–H groups in total. The summed E-state index contributed by atoms with van der Waals surface area (Å²) in [5.74, 6) is -0.729. The lowest BCUT2D eigenvalue weighted by atomic mass is 9.97. The molecule has 1 aliphatic carbocycles. The lowest BCUT2D eigenvalue weighted by Gasteiger charge is -2.30. The van der Waals surface area contributed by atoms with Crippen LogP contribution in [0.15, 0.2) is 18.2 Å². The quantitative estimate of drug-likeness (QED) is 0.421. The second-order valence-corrected chi connectivity index (χ2v) is 9.42. The number of carbonyl (C=O) groups excluding carboxylic acids is 1. The maximum absolute atomic E-state index is 13.9. The van der Waals surface area contributed by atoms with Gasteiger partial charge in [0.1, 0.15) is 12.1 Å². The molecule has 0 radical (unpaired) electrons. The van der Waals surface area contributed by atoms with E-state index >= 15 is 0 Å². The van der Waals surface area contributed by atoms with Gasteiger partial charge in [0.15, 0.2) is 0 Å². The standard InChI is InChI=1S/C23H31F4N3O3/c1-14(13-31)7-17(29(2)22(32)33)9-28-21-6-4-16-11-30(12-18(16)21)10-15-3-5-19(20(24)8-15)23(25,26)27/h3,5,8,13-14,16-18,21,28H,4,6-7,9-12H2,1-2H3,(H,32,33)/t14?,16-,17?,18+,21+/m0/s1. The van der Waals surface area contributed by atoms with Crippen molar-refractivity contribution in [3.63, 3.8) is 0 Å². The average Bonchev–Trinajstić information content (AvgIpc) is 3.29. The smallest absolute Gasteiger partial charge is 0.419 e. The molecule has 33 heavy (non-hydrogen) atoms. The molecule has 2 fully saturated rings. The van der Waals surface area contributed by atoms with Crippen molar-refractivity contribution >= 4 is 12.4 Å². The minimum Gasteiger partial charge on any atom is -0.465 e. The molecule has 1 heterocycles. The third kappa shape index (κ3) is 6.23. The maximum atomic E-state index is 13.9. The Morgan fingerprint density at radius 3 is 2.67 bits per heavy atom. The number of benzene rings is 1. The van der Waals surface area contributed by atoms with E-state index in [0.29, 0.717) is 36.9 Å². The molecule has 1 aliphatic heterocycles. The Kier molecular flexibility index (Phi) is 8.00. The highest BCUT2D eigenvalue weighted by molar-refractivity contribution is 5.65. The molecule has 184 valence electrons. The monoisotopic (exact) mass is 473 g/mol. The number of carbonyl (C=O) groups is 2. The third-order valence-electron chi connectivity index (χ3n) is 7.02. The van der Waals surface area contributed by atoms with Gasteiger partial charge in [-0.05, 0) is 48.8 Å². The number of rotatable bonds is 9. The number of likely N-dealkylation sites (tertiary alicyclic amines) is 1. The number of nitrogens with zero attached hydrogens (tertiary/aromatic N) is 2. The lowest BCUT2D eigenvalue weighted by molar-refractivity contribution is -0.140. The van der Waals surface area contributed by atoms with Crippen molar-refractivity contribution in [1.82, 2.24) is 15.1 Å². The van der Waals surface area contributed by atoms with Gasteiger partial charge in [-0.15, -0.1) is 0 Å². The first kappa shape index (κ1) is 25.4. The van der Waals surface area contributed by atoms with Crippen molar-refractivity contribution < 1.29 is 32.3 Å². The second-order valence-electron chi connectivity index (χ2n) is 9.42. The molecule has 1 amide bonds. The van der Waals surface area contributed by atoms with Gasteiger partial charge in [-0.1, -0.05) is 13.0 Å². The fourth-order valence-corrected chi connectivity index (χ4v) is 5.19. The topological polar surface area (TPSA) is 72.9 Å². The Balaban J connectivity index is 1.57. The first-order valence-electron chi connectivity index (χ1n) is 11.2. The van der Waals surface area contributed by atoms with Crippen molar-refractivity contribution in [2.75, 3.05) is 26.7 Å². The molecule has 1 saturated carbocycles. The Morgan fingerprint density at radius 2 is 2.06 bits per heavy atom. The highest BCUT2D eigenvalue weighted by Gasteiger charge is 2.42. The highest BCUT2D eigenvalue weighted by Crippen LogP contribution is 2.39. The summed E-state index contributed by atoms with van der Waals surface area (Å²) < 4.78 is 52.3. The number of likely N-dealkylation sites (N-methyl/N-ethyl adjacent to an activating group) is 1. The molecule has 0 aromatic heterocycles. The lowest BCUT2D eigenvalue weighted by Crippen LogP contribution is -2.47. The van der Waals surface area contributed by atoms with E-state index in [4.69, 9.17) is 0 Å². The number of aldehydes is 1. The largest absolute Gasteiger partial charge is 0.465 e. The summed E-state index contributed by atoms with van der Waals surface area (Å²) in [6.45, 7) is 4.14. The zero-order chi connectivity index (χ0) is 24.3. The molecule has 0 spiro atoms. The van der Waals surface area contributed by atoms with Crippen LogP contribution in [-0.2, 0) is 17.5 Å². The molecule has 1 aromatic carbocycles. The number of fused-ring (bicyclic) bond motifs is 1. The van der Waals surface area contributed by atoms with Gasteiger partial charge in [0, 0.05) is 51.2 Å². The van der Waals surface area contributed by atoms with E-state index in [0.717, 1.165) is 44.4 Å². The Hall–Kier alpha value is -2.20. The first-order valence-corrected chi connectivity index (χ1v) is 11.2. The molecule has 2 unspecified atom stereocenters. The van der Waals surface area contributed by atoms with Crippen LogP contribution in [0.1, 0.15) is 37.3 Å². The molecule has 1 aromatic rings. The van der Waals surface area contributed by atoms with Crippen LogP contribution in [0.4, 0.5) is 22.4 Å². The summed E-state index contributed by atoms with van der Waals surface area (Å²) in [4.78, 5) is 25.8. The summed E-state index contributed by atoms with van der Waals surface area (Å²) >= 11 is 0. The van der Waals surface area contributed by atoms with Gasteiger partial charge in [-0.3, -0.25) is 4.90 Å². The minimum atomic E-state index is -4.71. The zero-order valence-electron chi connectivity index (χ0n) is 18.8. The van der Waals surface area contributed by atoms with Crippen molar-refractivity contribution in [3.8, 4) is 0 Å². The van der Waals surface area contributed by atoms with Crippen LogP contribution in [0.2, 0.25) is 0 Å². The summed E-state index contributed by atoms with van der Waals surface area (Å²) in [6, 6.07) is 2.96. The SMILES string of the molecule is CC(C=O)CC(CN[C@@H]1CC[C@H]2CN(Cc3ccc(C(F)(F)F)c(F)c3)C[C@H]21)N(C)C(=O)O. The van der Waals surface area contributed by atoms with E-state index in [-0.39, 0.29) is 18.0 Å². The number of carboxylic acid groups (broad SMARTS) is 1. The van der Waals surface area contributed by atoms with Crippen LogP contribution in [0.5, 0.6) is 0 Å². The maximum Gasteiger partial charge on any atom is 0.419 e. The van der Waals surface area contributed by atoms with E-state index in [1.54, 1.807) is 6.92 Å². The fourth-order valence-electron chi connectivity index (χ4n) is 5.19. The molecule has 1 saturated heterocycles. The number of amides is 1. The van der Waals surface area contributed by atoms with E-state index < -0.39 is 23.7 Å². The normalized spacial score (nSPS) is 25.0. The fraction of sp³-hybridized carbons (Fsp3) is 0.652. The van der Waals surface area contributed by atoms with Crippen molar-refractivity contribution in [1.29, 1.82) is 0 Å². The van der Waals surface area contributed by atoms with Crippen LogP contribution < -0.4 is 5.32 Å². The van der Waals surface area contributed by atoms with Gasteiger partial charge >= 0.3 is 12.3 Å². The van der Waals surface area contributed by atoms with Gasteiger partial charge in [0.05, 0.1) is 5.56 Å². The highest BCUT2D eigenvalue weighted by atomic mass is 19.4. The minimum absolute atomic E-state index is 0.195. The number of hydrogen-bond donors (Lipinski definition) is 2. The zero-order valence-corrected chi connectivity index (χ0v) is 18.8. The van der Waals surface area contributed by atoms with Gasteiger partial charge in [-0.2, -0.15) is 13.2 Å². The van der Waals surface area contributed by atoms with E-state index in [9.17, 15) is 32.3 Å². The van der Waals surface area contributed by atoms with Crippen LogP contribution in [0.3, 0.4) is 0 Å². The molecule has 2 aliphatic rings. The summed E-state index contributed by atoms with van der Waals surface area (Å²) in [7, 11) is 1.50. The van der Waals surface area contributed by atoms with Gasteiger partial charge in [0.2, 0.25) is 0 Å². The Morgan fingerprint density at radius 1 is 1.33 bits per heavy atom. The van der Waals surface area contributed by atoms with E-state index in [2.05, 4.69) is 10.2 Å². The van der Waals surface area contributed by atoms with Crippen LogP contribution in [0, 0.1) is 23.6 Å². The molecular formula is C23H31F4N3O3. The first-order chi connectivity index (χ1) is 15.5. The predicted molar refractivity (Wildman–Crippen MR) is 114 cm³/mol. The molecular weight excluding hydrogens is 442 g/mol. The van der Waals surface area contributed by atoms with Gasteiger partial charge in [-0.25, -0.2) is 9.18 Å². The van der Waals surface area contributed by atoms with Crippen molar-refractivity contribution in [3.05, 3.63) is 35.1 Å². The van der Waals surface area contributed by atoms with Crippen molar-refractivity contribution in [2.45, 2.75) is 51.0 Å².